The maximum absolute atomic E-state index is 5.43. The highest BCUT2D eigenvalue weighted by Crippen LogP contribution is 2.25. The lowest BCUT2D eigenvalue weighted by molar-refractivity contribution is 0.122. The molecule has 7 heteroatoms. The Morgan fingerprint density at radius 1 is 1.27 bits per heavy atom. The Morgan fingerprint density at radius 2 is 2.12 bits per heavy atom. The van der Waals surface area contributed by atoms with Crippen molar-refractivity contribution in [3.05, 3.63) is 34.2 Å². The molecule has 4 rings (SSSR count). The molecule has 2 aromatic rings. The first-order valence-corrected chi connectivity index (χ1v) is 10.2. The quantitative estimate of drug-likeness (QED) is 0.802. The number of likely N-dealkylation sites (N-methyl/N-ethyl adjacent to an activating group) is 1. The van der Waals surface area contributed by atoms with Gasteiger partial charge < -0.3 is 14.5 Å². The first-order valence-electron chi connectivity index (χ1n) is 9.34. The maximum Gasteiger partial charge on any atom is 0.227 e. The Bertz CT molecular complexity index is 730. The Labute approximate surface area is 159 Å². The maximum atomic E-state index is 5.43. The summed E-state index contributed by atoms with van der Waals surface area (Å²) in [5.74, 6) is 1.84. The minimum absolute atomic E-state index is 0.503. The third kappa shape index (κ3) is 3.84. The summed E-state index contributed by atoms with van der Waals surface area (Å²) in [5.41, 5.74) is 1.41. The fraction of sp³-hybridized carbons (Fsp3) is 0.579. The van der Waals surface area contributed by atoms with Gasteiger partial charge in [0, 0.05) is 56.9 Å². The van der Waals surface area contributed by atoms with E-state index in [0.29, 0.717) is 6.04 Å². The summed E-state index contributed by atoms with van der Waals surface area (Å²) >= 11 is 1.87. The van der Waals surface area contributed by atoms with Crippen LogP contribution >= 0.6 is 11.3 Å². The molecule has 1 unspecified atom stereocenters. The van der Waals surface area contributed by atoms with Gasteiger partial charge >= 0.3 is 0 Å². The summed E-state index contributed by atoms with van der Waals surface area (Å²) in [7, 11) is 2.16. The highest BCUT2D eigenvalue weighted by atomic mass is 32.1. The van der Waals surface area contributed by atoms with Crippen molar-refractivity contribution < 1.29 is 4.74 Å². The van der Waals surface area contributed by atoms with Crippen molar-refractivity contribution >= 4 is 23.1 Å². The molecule has 0 amide bonds. The van der Waals surface area contributed by atoms with Gasteiger partial charge in [-0.25, -0.2) is 4.98 Å². The van der Waals surface area contributed by atoms with Crippen LogP contribution < -0.4 is 9.80 Å². The van der Waals surface area contributed by atoms with Crippen LogP contribution in [0.15, 0.2) is 23.7 Å². The molecule has 0 radical (unpaired) electrons. The lowest BCUT2D eigenvalue weighted by atomic mass is 10.2. The van der Waals surface area contributed by atoms with Gasteiger partial charge in [-0.1, -0.05) is 0 Å². The average molecular weight is 374 g/mol. The van der Waals surface area contributed by atoms with E-state index in [1.54, 1.807) is 0 Å². The van der Waals surface area contributed by atoms with Crippen molar-refractivity contribution in [2.45, 2.75) is 25.9 Å². The van der Waals surface area contributed by atoms with Crippen LogP contribution in [0.1, 0.15) is 16.9 Å². The van der Waals surface area contributed by atoms with Crippen LogP contribution in [0, 0.1) is 6.92 Å². The fourth-order valence-corrected chi connectivity index (χ4v) is 4.63. The first-order chi connectivity index (χ1) is 12.7. The zero-order chi connectivity index (χ0) is 17.9. The van der Waals surface area contributed by atoms with Crippen molar-refractivity contribution in [1.82, 2.24) is 14.9 Å². The molecule has 6 nitrogen and oxygen atoms in total. The highest BCUT2D eigenvalue weighted by molar-refractivity contribution is 7.10. The number of thiophene rings is 1. The number of likely N-dealkylation sites (tertiary alicyclic amines) is 1. The molecule has 2 saturated heterocycles. The van der Waals surface area contributed by atoms with Gasteiger partial charge in [0.2, 0.25) is 5.95 Å². The molecule has 4 heterocycles. The molecular weight excluding hydrogens is 346 g/mol. The molecular formula is C19H27N5OS. The molecule has 0 N–H and O–H groups in total. The van der Waals surface area contributed by atoms with E-state index in [0.717, 1.165) is 57.7 Å². The van der Waals surface area contributed by atoms with Crippen LogP contribution in [0.2, 0.25) is 0 Å². The Balaban J connectivity index is 1.40. The minimum Gasteiger partial charge on any atom is -0.378 e. The van der Waals surface area contributed by atoms with Gasteiger partial charge in [0.05, 0.1) is 13.2 Å². The van der Waals surface area contributed by atoms with Crippen molar-refractivity contribution in [2.24, 2.45) is 0 Å². The van der Waals surface area contributed by atoms with Crippen molar-refractivity contribution in [3.63, 3.8) is 0 Å². The first kappa shape index (κ1) is 17.7. The second kappa shape index (κ2) is 7.90. The van der Waals surface area contributed by atoms with E-state index in [-0.39, 0.29) is 0 Å². The fourth-order valence-electron chi connectivity index (χ4n) is 3.68. The number of ether oxygens (including phenoxy) is 1. The molecule has 1 atom stereocenters. The summed E-state index contributed by atoms with van der Waals surface area (Å²) in [5, 5.41) is 2.19. The minimum atomic E-state index is 0.503. The van der Waals surface area contributed by atoms with Crippen molar-refractivity contribution in [3.8, 4) is 0 Å². The SMILES string of the molecule is Cc1ccsc1CN1CCC(N(C)c2ccnc(N3CCOCC3)n2)C1. The molecule has 0 aliphatic carbocycles. The number of aryl methyl sites for hydroxylation is 1. The molecule has 0 spiro atoms. The second-order valence-corrected chi connectivity index (χ2v) is 8.13. The number of morpholine rings is 1. The Kier molecular flexibility index (Phi) is 5.38. The van der Waals surface area contributed by atoms with Crippen molar-refractivity contribution in [1.29, 1.82) is 0 Å². The van der Waals surface area contributed by atoms with E-state index in [4.69, 9.17) is 9.72 Å². The lowest BCUT2D eigenvalue weighted by Gasteiger charge is -2.29. The molecule has 0 saturated carbocycles. The topological polar surface area (TPSA) is 44.7 Å². The lowest BCUT2D eigenvalue weighted by Crippen LogP contribution is -2.38. The predicted molar refractivity (Wildman–Crippen MR) is 106 cm³/mol. The third-order valence-electron chi connectivity index (χ3n) is 5.41. The highest BCUT2D eigenvalue weighted by Gasteiger charge is 2.27. The molecule has 0 aromatic carbocycles. The molecule has 2 aliphatic heterocycles. The smallest absolute Gasteiger partial charge is 0.227 e. The van der Waals surface area contributed by atoms with Gasteiger partial charge in [-0.15, -0.1) is 11.3 Å². The van der Waals surface area contributed by atoms with Crippen LogP contribution in [0.25, 0.3) is 0 Å². The average Bonchev–Trinajstić information content (AvgIpc) is 3.32. The number of nitrogens with zero attached hydrogens (tertiary/aromatic N) is 5. The molecule has 140 valence electrons. The van der Waals surface area contributed by atoms with E-state index >= 15 is 0 Å². The Hall–Kier alpha value is -1.70. The molecule has 2 fully saturated rings. The van der Waals surface area contributed by atoms with Gasteiger partial charge in [-0.2, -0.15) is 4.98 Å². The monoisotopic (exact) mass is 373 g/mol. The third-order valence-corrected chi connectivity index (χ3v) is 6.42. The van der Waals surface area contributed by atoms with E-state index in [1.807, 2.05) is 23.6 Å². The number of anilines is 2. The number of rotatable bonds is 5. The summed E-state index contributed by atoms with van der Waals surface area (Å²) in [6, 6.07) is 4.74. The normalized spacial score (nSPS) is 21.3. The molecule has 0 bridgehead atoms. The van der Waals surface area contributed by atoms with E-state index in [2.05, 4.69) is 45.1 Å². The largest absolute Gasteiger partial charge is 0.378 e. The van der Waals surface area contributed by atoms with Crippen molar-refractivity contribution in [2.75, 3.05) is 56.2 Å². The zero-order valence-electron chi connectivity index (χ0n) is 15.6. The van der Waals surface area contributed by atoms with Gasteiger partial charge in [-0.05, 0) is 36.4 Å². The number of hydrogen-bond acceptors (Lipinski definition) is 7. The van der Waals surface area contributed by atoms with Gasteiger partial charge in [-0.3, -0.25) is 4.90 Å². The number of hydrogen-bond donors (Lipinski definition) is 0. The van der Waals surface area contributed by atoms with Crippen LogP contribution in [0.4, 0.5) is 11.8 Å². The number of aromatic nitrogens is 2. The predicted octanol–water partition coefficient (Wildman–Crippen LogP) is 2.39. The Morgan fingerprint density at radius 3 is 2.88 bits per heavy atom. The van der Waals surface area contributed by atoms with Gasteiger partial charge in [0.25, 0.3) is 0 Å². The second-order valence-electron chi connectivity index (χ2n) is 7.13. The van der Waals surface area contributed by atoms with Crippen LogP contribution in [0.3, 0.4) is 0 Å². The van der Waals surface area contributed by atoms with E-state index < -0.39 is 0 Å². The standard InChI is InChI=1S/C19H27N5OS/c1-15-5-12-26-17(15)14-23-7-4-16(13-23)22(2)18-3-6-20-19(21-18)24-8-10-25-11-9-24/h3,5-6,12,16H,4,7-11,13-14H2,1-2H3. The van der Waals surface area contributed by atoms with E-state index in [1.165, 1.54) is 16.9 Å². The van der Waals surface area contributed by atoms with Crippen LogP contribution in [-0.2, 0) is 11.3 Å². The van der Waals surface area contributed by atoms with Gasteiger partial charge in [0.1, 0.15) is 5.82 Å². The summed E-state index contributed by atoms with van der Waals surface area (Å²) < 4.78 is 5.43. The van der Waals surface area contributed by atoms with Crippen LogP contribution in [-0.4, -0.2) is 67.4 Å². The van der Waals surface area contributed by atoms with Gasteiger partial charge in [0.15, 0.2) is 0 Å². The molecule has 2 aromatic heterocycles. The summed E-state index contributed by atoms with van der Waals surface area (Å²) in [6.07, 6.45) is 3.06. The summed E-state index contributed by atoms with van der Waals surface area (Å²) in [4.78, 5) is 17.9. The summed E-state index contributed by atoms with van der Waals surface area (Å²) in [6.45, 7) is 8.75. The molecule has 2 aliphatic rings. The van der Waals surface area contributed by atoms with Crippen LogP contribution in [0.5, 0.6) is 0 Å². The molecule has 26 heavy (non-hydrogen) atoms. The zero-order valence-corrected chi connectivity index (χ0v) is 16.4. The van der Waals surface area contributed by atoms with E-state index in [9.17, 15) is 0 Å².